The summed E-state index contributed by atoms with van der Waals surface area (Å²) in [7, 11) is 1.74. The second-order valence-electron chi connectivity index (χ2n) is 7.12. The van der Waals surface area contributed by atoms with E-state index in [2.05, 4.69) is 52.9 Å². The summed E-state index contributed by atoms with van der Waals surface area (Å²) in [6.45, 7) is 15.8. The molecule has 7 heteroatoms. The van der Waals surface area contributed by atoms with Crippen molar-refractivity contribution < 1.29 is 4.74 Å². The average Bonchev–Trinajstić information content (AvgIpc) is 2.75. The maximum absolute atomic E-state index is 5.53. The molecule has 29 heavy (non-hydrogen) atoms. The number of nitrogens with one attached hydrogen (secondary N) is 1. The summed E-state index contributed by atoms with van der Waals surface area (Å²) in [6, 6.07) is 8.28. The van der Waals surface area contributed by atoms with Gasteiger partial charge in [-0.05, 0) is 51.5 Å². The fourth-order valence-corrected chi connectivity index (χ4v) is 3.65. The lowest BCUT2D eigenvalue weighted by Crippen LogP contribution is -2.52. The molecule has 0 spiro atoms. The number of anilines is 1. The van der Waals surface area contributed by atoms with E-state index in [4.69, 9.17) is 9.73 Å². The lowest BCUT2D eigenvalue weighted by molar-refractivity contribution is 0.297. The predicted octanol–water partition coefficient (Wildman–Crippen LogP) is 3.52. The van der Waals surface area contributed by atoms with E-state index in [1.807, 2.05) is 12.1 Å². The van der Waals surface area contributed by atoms with Crippen molar-refractivity contribution in [1.82, 2.24) is 15.1 Å². The van der Waals surface area contributed by atoms with Gasteiger partial charge in [0, 0.05) is 39.3 Å². The highest BCUT2D eigenvalue weighted by Crippen LogP contribution is 2.28. The standard InChI is InChI=1S/C22H39N5O.HI/c1-5-23-22(24-14-10-11-15-25(6-2)7-3)27-18-16-26(17-19-27)20-12-8-9-13-21(20)28-4;/h8-9,12-13H,5-7,10-11,14-19H2,1-4H3,(H,23,24);1H. The molecular formula is C22H40IN5O. The molecule has 1 saturated heterocycles. The first-order valence-corrected chi connectivity index (χ1v) is 10.9. The van der Waals surface area contributed by atoms with Gasteiger partial charge in [-0.2, -0.15) is 0 Å². The van der Waals surface area contributed by atoms with E-state index in [1.165, 1.54) is 18.7 Å². The second kappa shape index (κ2) is 14.7. The van der Waals surface area contributed by atoms with Crippen LogP contribution in [0.5, 0.6) is 5.75 Å². The molecule has 1 fully saturated rings. The Morgan fingerprint density at radius 1 is 1.07 bits per heavy atom. The third kappa shape index (κ3) is 8.20. The van der Waals surface area contributed by atoms with E-state index < -0.39 is 0 Å². The number of ether oxygens (including phenoxy) is 1. The molecule has 1 aromatic carbocycles. The van der Waals surface area contributed by atoms with Crippen molar-refractivity contribution in [3.05, 3.63) is 24.3 Å². The van der Waals surface area contributed by atoms with Gasteiger partial charge in [0.05, 0.1) is 12.8 Å². The molecule has 0 amide bonds. The van der Waals surface area contributed by atoms with E-state index in [1.54, 1.807) is 7.11 Å². The van der Waals surface area contributed by atoms with Crippen LogP contribution >= 0.6 is 24.0 Å². The number of methoxy groups -OCH3 is 1. The zero-order valence-electron chi connectivity index (χ0n) is 18.7. The first-order valence-electron chi connectivity index (χ1n) is 10.9. The molecule has 0 atom stereocenters. The molecule has 1 N–H and O–H groups in total. The van der Waals surface area contributed by atoms with Gasteiger partial charge in [0.1, 0.15) is 5.75 Å². The minimum Gasteiger partial charge on any atom is -0.495 e. The Balaban J connectivity index is 0.00000420. The molecule has 166 valence electrons. The lowest BCUT2D eigenvalue weighted by atomic mass is 10.2. The van der Waals surface area contributed by atoms with E-state index in [0.717, 1.165) is 70.5 Å². The minimum absolute atomic E-state index is 0. The number of unbranched alkanes of at least 4 members (excludes halogenated alkanes) is 1. The van der Waals surface area contributed by atoms with Crippen LogP contribution in [-0.4, -0.2) is 81.8 Å². The van der Waals surface area contributed by atoms with Crippen molar-refractivity contribution in [1.29, 1.82) is 0 Å². The molecular weight excluding hydrogens is 477 g/mol. The highest BCUT2D eigenvalue weighted by Gasteiger charge is 2.21. The Morgan fingerprint density at radius 2 is 1.76 bits per heavy atom. The van der Waals surface area contributed by atoms with Gasteiger partial charge in [-0.1, -0.05) is 26.0 Å². The molecule has 1 heterocycles. The zero-order valence-corrected chi connectivity index (χ0v) is 21.0. The summed E-state index contributed by atoms with van der Waals surface area (Å²) >= 11 is 0. The first kappa shape index (κ1) is 25.8. The number of para-hydroxylation sites is 2. The Hall–Kier alpha value is -1.22. The normalized spacial score (nSPS) is 14.7. The van der Waals surface area contributed by atoms with E-state index in [-0.39, 0.29) is 24.0 Å². The van der Waals surface area contributed by atoms with Crippen LogP contribution < -0.4 is 15.0 Å². The molecule has 0 aromatic heterocycles. The molecule has 0 saturated carbocycles. The average molecular weight is 518 g/mol. The van der Waals surface area contributed by atoms with E-state index in [0.29, 0.717) is 0 Å². The number of aliphatic imine (C=N–C) groups is 1. The third-order valence-corrected chi connectivity index (χ3v) is 5.38. The summed E-state index contributed by atoms with van der Waals surface area (Å²) in [5, 5.41) is 3.47. The van der Waals surface area contributed by atoms with Crippen LogP contribution in [0.25, 0.3) is 0 Å². The summed E-state index contributed by atoms with van der Waals surface area (Å²) in [5.74, 6) is 2.01. The smallest absolute Gasteiger partial charge is 0.194 e. The SMILES string of the molecule is CCNC(=NCCCCN(CC)CC)N1CCN(c2ccccc2OC)CC1.I. The van der Waals surface area contributed by atoms with Gasteiger partial charge in [-0.15, -0.1) is 24.0 Å². The molecule has 2 rings (SSSR count). The Bertz CT molecular complexity index is 586. The second-order valence-corrected chi connectivity index (χ2v) is 7.12. The largest absolute Gasteiger partial charge is 0.495 e. The molecule has 0 bridgehead atoms. The van der Waals surface area contributed by atoms with E-state index in [9.17, 15) is 0 Å². The topological polar surface area (TPSA) is 43.3 Å². The van der Waals surface area contributed by atoms with Crippen LogP contribution in [0.4, 0.5) is 5.69 Å². The van der Waals surface area contributed by atoms with Gasteiger partial charge in [-0.25, -0.2) is 0 Å². The van der Waals surface area contributed by atoms with Crippen molar-refractivity contribution in [2.45, 2.75) is 33.6 Å². The number of hydrogen-bond acceptors (Lipinski definition) is 4. The monoisotopic (exact) mass is 517 g/mol. The Kier molecular flexibility index (Phi) is 13.1. The van der Waals surface area contributed by atoms with Crippen LogP contribution in [0, 0.1) is 0 Å². The van der Waals surface area contributed by atoms with Crippen LogP contribution in [0.2, 0.25) is 0 Å². The number of guanidine groups is 1. The number of halogens is 1. The van der Waals surface area contributed by atoms with Crippen molar-refractivity contribution in [2.24, 2.45) is 4.99 Å². The van der Waals surface area contributed by atoms with Crippen molar-refractivity contribution in [3.63, 3.8) is 0 Å². The maximum atomic E-state index is 5.53. The molecule has 1 aliphatic heterocycles. The molecule has 0 radical (unpaired) electrons. The van der Waals surface area contributed by atoms with Gasteiger partial charge in [0.15, 0.2) is 5.96 Å². The van der Waals surface area contributed by atoms with Crippen LogP contribution in [0.1, 0.15) is 33.6 Å². The molecule has 1 aliphatic rings. The highest BCUT2D eigenvalue weighted by atomic mass is 127. The van der Waals surface area contributed by atoms with Gasteiger partial charge in [0.25, 0.3) is 0 Å². The van der Waals surface area contributed by atoms with Crippen LogP contribution in [0.3, 0.4) is 0 Å². The molecule has 6 nitrogen and oxygen atoms in total. The Morgan fingerprint density at radius 3 is 2.38 bits per heavy atom. The zero-order chi connectivity index (χ0) is 20.2. The predicted molar refractivity (Wildman–Crippen MR) is 135 cm³/mol. The fraction of sp³-hybridized carbons (Fsp3) is 0.682. The summed E-state index contributed by atoms with van der Waals surface area (Å²) in [4.78, 5) is 12.2. The fourth-order valence-electron chi connectivity index (χ4n) is 3.65. The minimum atomic E-state index is 0. The van der Waals surface area contributed by atoms with Gasteiger partial charge >= 0.3 is 0 Å². The van der Waals surface area contributed by atoms with Gasteiger partial charge in [0.2, 0.25) is 0 Å². The summed E-state index contributed by atoms with van der Waals surface area (Å²) in [5.41, 5.74) is 1.18. The first-order chi connectivity index (χ1) is 13.7. The third-order valence-electron chi connectivity index (χ3n) is 5.38. The maximum Gasteiger partial charge on any atom is 0.194 e. The molecule has 0 aliphatic carbocycles. The van der Waals surface area contributed by atoms with Gasteiger partial charge < -0.3 is 24.8 Å². The number of nitrogens with zero attached hydrogens (tertiary/aromatic N) is 4. The summed E-state index contributed by atoms with van der Waals surface area (Å²) < 4.78 is 5.53. The highest BCUT2D eigenvalue weighted by molar-refractivity contribution is 14.0. The lowest BCUT2D eigenvalue weighted by Gasteiger charge is -2.38. The van der Waals surface area contributed by atoms with Crippen molar-refractivity contribution >= 4 is 35.6 Å². The van der Waals surface area contributed by atoms with Crippen LogP contribution in [0.15, 0.2) is 29.3 Å². The summed E-state index contributed by atoms with van der Waals surface area (Å²) in [6.07, 6.45) is 2.36. The van der Waals surface area contributed by atoms with Crippen molar-refractivity contribution in [2.75, 3.05) is 70.9 Å². The number of benzene rings is 1. The van der Waals surface area contributed by atoms with Crippen LogP contribution in [-0.2, 0) is 0 Å². The Labute approximate surface area is 194 Å². The van der Waals surface area contributed by atoms with Crippen molar-refractivity contribution in [3.8, 4) is 5.75 Å². The molecule has 1 aromatic rings. The van der Waals surface area contributed by atoms with E-state index >= 15 is 0 Å². The molecule has 0 unspecified atom stereocenters. The van der Waals surface area contributed by atoms with Gasteiger partial charge in [-0.3, -0.25) is 4.99 Å². The quantitative estimate of drug-likeness (QED) is 0.223. The number of piperazine rings is 1. The number of rotatable bonds is 10. The number of hydrogen-bond donors (Lipinski definition) is 1.